The summed E-state index contributed by atoms with van der Waals surface area (Å²) in [4.78, 5) is 27.8. The predicted octanol–water partition coefficient (Wildman–Crippen LogP) is 3.92. The first kappa shape index (κ1) is 18.5. The van der Waals surface area contributed by atoms with E-state index in [1.54, 1.807) is 16.7 Å². The van der Waals surface area contributed by atoms with Gasteiger partial charge in [0.1, 0.15) is 12.1 Å². The first-order chi connectivity index (χ1) is 12.6. The van der Waals surface area contributed by atoms with Gasteiger partial charge >= 0.3 is 11.9 Å². The number of carboxylic acids is 1. The quantitative estimate of drug-likeness (QED) is 0.344. The van der Waals surface area contributed by atoms with Gasteiger partial charge in [-0.25, -0.2) is 9.78 Å². The van der Waals surface area contributed by atoms with Gasteiger partial charge in [-0.1, -0.05) is 42.1 Å². The summed E-state index contributed by atoms with van der Waals surface area (Å²) in [7, 11) is 0. The molecule has 0 unspecified atom stereocenters. The largest absolute Gasteiger partial charge is 0.480 e. The van der Waals surface area contributed by atoms with Crippen LogP contribution in [0.15, 0.2) is 53.7 Å². The third-order valence-electron chi connectivity index (χ3n) is 3.69. The Kier molecular flexibility index (Phi) is 5.95. The first-order valence-electron chi connectivity index (χ1n) is 7.71. The number of hydrogen-bond donors (Lipinski definition) is 1. The van der Waals surface area contributed by atoms with Crippen molar-refractivity contribution in [3.63, 3.8) is 0 Å². The maximum absolute atomic E-state index is 12.1. The highest BCUT2D eigenvalue weighted by Crippen LogP contribution is 2.28. The number of nitrogens with zero attached hydrogens (tertiary/aromatic N) is 2. The summed E-state index contributed by atoms with van der Waals surface area (Å²) in [6, 6.07) is 14.6. The second-order valence-electron chi connectivity index (χ2n) is 5.35. The molecule has 0 saturated heterocycles. The number of carbonyl (C=O) groups excluding carboxylic acids is 1. The molecule has 1 N–H and O–H groups in total. The number of hydrogen-bond acceptors (Lipinski definition) is 5. The Hall–Kier alpha value is -2.32. The zero-order valence-corrected chi connectivity index (χ0v) is 16.0. The molecule has 0 saturated carbocycles. The minimum atomic E-state index is -0.934. The van der Waals surface area contributed by atoms with Crippen molar-refractivity contribution in [3.05, 3.63) is 59.7 Å². The molecule has 0 fully saturated rings. The summed E-state index contributed by atoms with van der Waals surface area (Å²) in [5, 5.41) is 9.80. The molecule has 6 nitrogen and oxygen atoms in total. The number of imidazole rings is 1. The Morgan fingerprint density at radius 2 is 1.88 bits per heavy atom. The Labute approximate surface area is 162 Å². The van der Waals surface area contributed by atoms with Gasteiger partial charge in [0.25, 0.3) is 0 Å². The number of para-hydroxylation sites is 2. The number of alkyl halides is 1. The van der Waals surface area contributed by atoms with E-state index in [1.807, 2.05) is 36.4 Å². The van der Waals surface area contributed by atoms with Gasteiger partial charge < -0.3 is 14.4 Å². The number of carboxylic acid groups (broad SMARTS) is 1. The Morgan fingerprint density at radius 1 is 1.15 bits per heavy atom. The van der Waals surface area contributed by atoms with Gasteiger partial charge in [-0.15, -0.1) is 0 Å². The van der Waals surface area contributed by atoms with E-state index in [2.05, 4.69) is 20.9 Å². The third kappa shape index (κ3) is 4.08. The molecule has 0 bridgehead atoms. The number of thioether (sulfide) groups is 1. The first-order valence-corrected chi connectivity index (χ1v) is 9.81. The molecule has 26 heavy (non-hydrogen) atoms. The Balaban J connectivity index is 1.89. The third-order valence-corrected chi connectivity index (χ3v) is 4.95. The second kappa shape index (κ2) is 8.37. The van der Waals surface area contributed by atoms with Gasteiger partial charge in [-0.3, -0.25) is 4.79 Å². The van der Waals surface area contributed by atoms with Crippen LogP contribution in [0, 0.1) is 0 Å². The van der Waals surface area contributed by atoms with Crippen molar-refractivity contribution in [2.75, 3.05) is 5.52 Å². The van der Waals surface area contributed by atoms with Gasteiger partial charge in [0.15, 0.2) is 5.16 Å². The minimum Gasteiger partial charge on any atom is -0.480 e. The van der Waals surface area contributed by atoms with E-state index >= 15 is 0 Å². The highest BCUT2D eigenvalue weighted by Gasteiger charge is 2.16. The van der Waals surface area contributed by atoms with Crippen molar-refractivity contribution in [1.82, 2.24) is 9.55 Å². The van der Waals surface area contributed by atoms with Gasteiger partial charge in [0, 0.05) is 5.75 Å². The average Bonchev–Trinajstić information content (AvgIpc) is 2.97. The highest BCUT2D eigenvalue weighted by molar-refractivity contribution is 9.09. The van der Waals surface area contributed by atoms with Crippen molar-refractivity contribution in [2.45, 2.75) is 17.5 Å². The van der Waals surface area contributed by atoms with Gasteiger partial charge in [0.2, 0.25) is 0 Å². The van der Waals surface area contributed by atoms with Crippen LogP contribution < -0.4 is 0 Å². The van der Waals surface area contributed by atoms with Crippen molar-refractivity contribution in [1.29, 1.82) is 0 Å². The van der Waals surface area contributed by atoms with Gasteiger partial charge in [-0.2, -0.15) is 0 Å². The number of esters is 1. The number of aliphatic carboxylic acids is 1. The van der Waals surface area contributed by atoms with Crippen LogP contribution in [0.5, 0.6) is 0 Å². The van der Waals surface area contributed by atoms with E-state index in [0.29, 0.717) is 16.5 Å². The lowest BCUT2D eigenvalue weighted by Gasteiger charge is -2.09. The van der Waals surface area contributed by atoms with E-state index in [-0.39, 0.29) is 12.1 Å². The molecule has 0 aliphatic carbocycles. The molecule has 0 spiro atoms. The van der Waals surface area contributed by atoms with Crippen LogP contribution in [-0.2, 0) is 21.8 Å². The fraction of sp³-hybridized carbons (Fsp3) is 0.167. The van der Waals surface area contributed by atoms with E-state index in [0.717, 1.165) is 16.6 Å². The maximum atomic E-state index is 12.1. The van der Waals surface area contributed by atoms with E-state index < -0.39 is 11.9 Å². The number of carbonyl (C=O) groups is 2. The molecule has 1 heterocycles. The molecule has 8 heteroatoms. The number of aromatic nitrogens is 2. The molecule has 2 aromatic carbocycles. The molecule has 0 aliphatic heterocycles. The molecule has 0 atom stereocenters. The standard InChI is InChI=1S/C18H15BrN2O4S/c19-11-25-17(24)13-6-2-1-5-12(13)10-26-18-20-14-7-3-4-8-15(14)21(18)9-16(22)23/h1-8H,9-11H2,(H,22,23). The molecule has 0 radical (unpaired) electrons. The van der Waals surface area contributed by atoms with Crippen LogP contribution in [0.4, 0.5) is 0 Å². The monoisotopic (exact) mass is 434 g/mol. The molecule has 134 valence electrons. The number of halogens is 1. The van der Waals surface area contributed by atoms with Crippen LogP contribution in [0.1, 0.15) is 15.9 Å². The summed E-state index contributed by atoms with van der Waals surface area (Å²) < 4.78 is 6.68. The van der Waals surface area contributed by atoms with Crippen molar-refractivity contribution in [2.24, 2.45) is 0 Å². The lowest BCUT2D eigenvalue weighted by Crippen LogP contribution is -2.10. The summed E-state index contributed by atoms with van der Waals surface area (Å²) in [6.07, 6.45) is 0. The topological polar surface area (TPSA) is 81.4 Å². The van der Waals surface area contributed by atoms with Crippen molar-refractivity contribution >= 4 is 50.7 Å². The fourth-order valence-corrected chi connectivity index (χ4v) is 3.79. The lowest BCUT2D eigenvalue weighted by molar-refractivity contribution is -0.137. The zero-order valence-electron chi connectivity index (χ0n) is 13.6. The normalized spacial score (nSPS) is 10.8. The number of benzene rings is 2. The van der Waals surface area contributed by atoms with Crippen LogP contribution in [0.3, 0.4) is 0 Å². The van der Waals surface area contributed by atoms with Crippen LogP contribution in [0.25, 0.3) is 11.0 Å². The molecule has 0 amide bonds. The molecule has 3 rings (SSSR count). The minimum absolute atomic E-state index is 0.127. The molecule has 1 aromatic heterocycles. The lowest BCUT2D eigenvalue weighted by atomic mass is 10.1. The average molecular weight is 435 g/mol. The summed E-state index contributed by atoms with van der Waals surface area (Å²) in [6.45, 7) is -0.171. The van der Waals surface area contributed by atoms with E-state index in [1.165, 1.54) is 11.8 Å². The molecule has 0 aliphatic rings. The van der Waals surface area contributed by atoms with Crippen LogP contribution >= 0.6 is 27.7 Å². The fourth-order valence-electron chi connectivity index (χ4n) is 2.57. The summed E-state index contributed by atoms with van der Waals surface area (Å²) in [5.41, 5.74) is 2.92. The predicted molar refractivity (Wildman–Crippen MR) is 103 cm³/mol. The summed E-state index contributed by atoms with van der Waals surface area (Å²) in [5.74, 6) is -0.871. The van der Waals surface area contributed by atoms with Crippen molar-refractivity contribution < 1.29 is 19.4 Å². The Bertz CT molecular complexity index is 957. The van der Waals surface area contributed by atoms with E-state index in [9.17, 15) is 14.7 Å². The van der Waals surface area contributed by atoms with Crippen LogP contribution in [-0.4, -0.2) is 32.1 Å². The zero-order chi connectivity index (χ0) is 18.5. The molecular formula is C18H15BrN2O4S. The van der Waals surface area contributed by atoms with Gasteiger partial charge in [-0.05, 0) is 39.7 Å². The molecule has 3 aromatic rings. The number of rotatable bonds is 7. The highest BCUT2D eigenvalue weighted by atomic mass is 79.9. The molecular weight excluding hydrogens is 420 g/mol. The summed E-state index contributed by atoms with van der Waals surface area (Å²) >= 11 is 4.47. The van der Waals surface area contributed by atoms with Gasteiger partial charge in [0.05, 0.1) is 16.6 Å². The van der Waals surface area contributed by atoms with Crippen molar-refractivity contribution in [3.8, 4) is 0 Å². The van der Waals surface area contributed by atoms with E-state index in [4.69, 9.17) is 4.74 Å². The number of ether oxygens (including phenoxy) is 1. The van der Waals surface area contributed by atoms with Crippen LogP contribution in [0.2, 0.25) is 0 Å². The smallest absolute Gasteiger partial charge is 0.339 e. The Morgan fingerprint density at radius 3 is 2.65 bits per heavy atom. The maximum Gasteiger partial charge on any atom is 0.339 e. The SMILES string of the molecule is O=C(O)Cn1c(SCc2ccccc2C(=O)OCBr)nc2ccccc21. The second-order valence-corrected chi connectivity index (χ2v) is 6.75. The number of fused-ring (bicyclic) bond motifs is 1.